The van der Waals surface area contributed by atoms with Crippen molar-refractivity contribution >= 4 is 39.8 Å². The summed E-state index contributed by atoms with van der Waals surface area (Å²) in [6, 6.07) is 8.51. The molecule has 7 heteroatoms. The summed E-state index contributed by atoms with van der Waals surface area (Å²) in [7, 11) is 0. The van der Waals surface area contributed by atoms with Gasteiger partial charge in [0.05, 0.1) is 11.6 Å². The second-order valence-corrected chi connectivity index (χ2v) is 6.47. The van der Waals surface area contributed by atoms with E-state index in [1.165, 1.54) is 11.3 Å². The molecule has 4 N–H and O–H groups in total. The number of amides is 2. The Morgan fingerprint density at radius 1 is 1.22 bits per heavy atom. The summed E-state index contributed by atoms with van der Waals surface area (Å²) in [4.78, 5) is 23.6. The molecule has 5 nitrogen and oxygen atoms in total. The van der Waals surface area contributed by atoms with Crippen LogP contribution in [0.25, 0.3) is 0 Å². The molecule has 2 amide bonds. The molecule has 0 saturated heterocycles. The van der Waals surface area contributed by atoms with Crippen LogP contribution in [0, 0.1) is 0 Å². The van der Waals surface area contributed by atoms with E-state index in [9.17, 15) is 9.59 Å². The first-order chi connectivity index (χ1) is 10.9. The average Bonchev–Trinajstić information content (AvgIpc) is 2.95. The lowest BCUT2D eigenvalue weighted by Gasteiger charge is -2.20. The Morgan fingerprint density at radius 3 is 2.57 bits per heavy atom. The summed E-state index contributed by atoms with van der Waals surface area (Å²) in [6.45, 7) is 3.69. The van der Waals surface area contributed by atoms with Crippen molar-refractivity contribution in [2.75, 3.05) is 5.32 Å². The van der Waals surface area contributed by atoms with E-state index in [0.717, 1.165) is 5.56 Å². The molecule has 0 bridgehead atoms. The molecule has 122 valence electrons. The fourth-order valence-electron chi connectivity index (χ4n) is 2.19. The fraction of sp³-hybridized carbons (Fsp3) is 0.250. The van der Waals surface area contributed by atoms with Gasteiger partial charge in [-0.15, -0.1) is 11.3 Å². The molecular weight excluding hydrogens is 334 g/mol. The van der Waals surface area contributed by atoms with E-state index in [1.54, 1.807) is 18.4 Å². The minimum atomic E-state index is -0.563. The highest BCUT2D eigenvalue weighted by Gasteiger charge is 2.20. The summed E-state index contributed by atoms with van der Waals surface area (Å²) in [5.74, 6) is -0.805. The van der Waals surface area contributed by atoms with Gasteiger partial charge in [0.15, 0.2) is 0 Å². The van der Waals surface area contributed by atoms with Crippen LogP contribution < -0.4 is 16.4 Å². The second kappa shape index (κ2) is 7.59. The highest BCUT2D eigenvalue weighted by molar-refractivity contribution is 7.14. The van der Waals surface area contributed by atoms with Crippen molar-refractivity contribution in [2.45, 2.75) is 25.9 Å². The molecular formula is C16H18ClN3O2S. The Labute approximate surface area is 143 Å². The molecule has 2 atom stereocenters. The Morgan fingerprint density at radius 2 is 1.91 bits per heavy atom. The van der Waals surface area contributed by atoms with Crippen LogP contribution in [0.5, 0.6) is 0 Å². The van der Waals surface area contributed by atoms with Crippen LogP contribution in [0.2, 0.25) is 5.02 Å². The Kier molecular flexibility index (Phi) is 5.76. The standard InChI is InChI=1S/C16H18ClN3O2S/c1-9(11-5-3-4-6-13(11)17)19-10(2)15(22)20-16-12(14(18)21)7-8-23-16/h3-10,19H,1-2H3,(H2,18,21)(H,20,22)/t9-,10-/m1/s1. The van der Waals surface area contributed by atoms with Gasteiger partial charge in [0, 0.05) is 11.1 Å². The van der Waals surface area contributed by atoms with E-state index in [4.69, 9.17) is 17.3 Å². The summed E-state index contributed by atoms with van der Waals surface area (Å²) in [6.07, 6.45) is 0. The number of hydrogen-bond donors (Lipinski definition) is 3. The van der Waals surface area contributed by atoms with E-state index in [2.05, 4.69) is 10.6 Å². The summed E-state index contributed by atoms with van der Waals surface area (Å²) >= 11 is 7.42. The normalized spacial score (nSPS) is 13.3. The molecule has 0 aliphatic rings. The first-order valence-electron chi connectivity index (χ1n) is 7.08. The highest BCUT2D eigenvalue weighted by Crippen LogP contribution is 2.24. The third-order valence-electron chi connectivity index (χ3n) is 3.43. The molecule has 0 aliphatic heterocycles. The first-order valence-corrected chi connectivity index (χ1v) is 8.34. The molecule has 0 saturated carbocycles. The van der Waals surface area contributed by atoms with Crippen LogP contribution in [0.4, 0.5) is 5.00 Å². The molecule has 0 spiro atoms. The number of primary amides is 1. The Balaban J connectivity index is 2.01. The quantitative estimate of drug-likeness (QED) is 0.747. The van der Waals surface area contributed by atoms with Crippen LogP contribution in [0.3, 0.4) is 0 Å². The maximum atomic E-state index is 12.3. The van der Waals surface area contributed by atoms with Crippen molar-refractivity contribution < 1.29 is 9.59 Å². The lowest BCUT2D eigenvalue weighted by Crippen LogP contribution is -2.39. The summed E-state index contributed by atoms with van der Waals surface area (Å²) in [5, 5.41) is 8.73. The summed E-state index contributed by atoms with van der Waals surface area (Å²) < 4.78 is 0. The number of carbonyl (C=O) groups excluding carboxylic acids is 2. The Hall–Kier alpha value is -1.89. The van der Waals surface area contributed by atoms with Gasteiger partial charge in [-0.1, -0.05) is 29.8 Å². The van der Waals surface area contributed by atoms with Crippen LogP contribution in [0.1, 0.15) is 35.8 Å². The van der Waals surface area contributed by atoms with Crippen molar-refractivity contribution in [2.24, 2.45) is 5.73 Å². The van der Waals surface area contributed by atoms with Crippen molar-refractivity contribution in [3.05, 3.63) is 51.9 Å². The minimum Gasteiger partial charge on any atom is -0.366 e. The third-order valence-corrected chi connectivity index (χ3v) is 4.61. The number of nitrogens with one attached hydrogen (secondary N) is 2. The van der Waals surface area contributed by atoms with Gasteiger partial charge in [0.2, 0.25) is 5.91 Å². The van der Waals surface area contributed by atoms with E-state index < -0.39 is 11.9 Å². The molecule has 2 rings (SSSR count). The number of thiophene rings is 1. The predicted octanol–water partition coefficient (Wildman–Crippen LogP) is 3.18. The van der Waals surface area contributed by atoms with Crippen LogP contribution in [-0.2, 0) is 4.79 Å². The number of anilines is 1. The van der Waals surface area contributed by atoms with Gasteiger partial charge in [-0.05, 0) is 36.9 Å². The SMILES string of the molecule is C[C@@H](N[C@H](C)c1ccccc1Cl)C(=O)Nc1sccc1C(N)=O. The van der Waals surface area contributed by atoms with Gasteiger partial charge in [0.25, 0.3) is 5.91 Å². The molecule has 0 fully saturated rings. The highest BCUT2D eigenvalue weighted by atomic mass is 35.5. The molecule has 23 heavy (non-hydrogen) atoms. The smallest absolute Gasteiger partial charge is 0.251 e. The minimum absolute atomic E-state index is 0.0941. The molecule has 1 heterocycles. The van der Waals surface area contributed by atoms with Crippen molar-refractivity contribution in [1.82, 2.24) is 5.32 Å². The fourth-order valence-corrected chi connectivity index (χ4v) is 3.28. The van der Waals surface area contributed by atoms with E-state index in [0.29, 0.717) is 15.6 Å². The third kappa shape index (κ3) is 4.31. The van der Waals surface area contributed by atoms with Gasteiger partial charge < -0.3 is 11.1 Å². The zero-order valence-electron chi connectivity index (χ0n) is 12.8. The van der Waals surface area contributed by atoms with Crippen molar-refractivity contribution in [3.63, 3.8) is 0 Å². The molecule has 2 aromatic rings. The second-order valence-electron chi connectivity index (χ2n) is 5.15. The number of nitrogens with two attached hydrogens (primary N) is 1. The van der Waals surface area contributed by atoms with Crippen LogP contribution >= 0.6 is 22.9 Å². The molecule has 0 unspecified atom stereocenters. The number of hydrogen-bond acceptors (Lipinski definition) is 4. The van der Waals surface area contributed by atoms with Crippen LogP contribution in [0.15, 0.2) is 35.7 Å². The lowest BCUT2D eigenvalue weighted by molar-refractivity contribution is -0.117. The number of rotatable bonds is 6. The van der Waals surface area contributed by atoms with E-state index >= 15 is 0 Å². The zero-order valence-corrected chi connectivity index (χ0v) is 14.4. The number of halogens is 1. The van der Waals surface area contributed by atoms with Gasteiger partial charge in [0.1, 0.15) is 5.00 Å². The lowest BCUT2D eigenvalue weighted by atomic mass is 10.1. The van der Waals surface area contributed by atoms with E-state index in [1.807, 2.05) is 31.2 Å². The van der Waals surface area contributed by atoms with Gasteiger partial charge in [-0.3, -0.25) is 14.9 Å². The monoisotopic (exact) mass is 351 g/mol. The maximum absolute atomic E-state index is 12.3. The molecule has 0 radical (unpaired) electrons. The summed E-state index contributed by atoms with van der Waals surface area (Å²) in [5.41, 5.74) is 6.50. The van der Waals surface area contributed by atoms with Gasteiger partial charge in [-0.2, -0.15) is 0 Å². The van der Waals surface area contributed by atoms with Crippen LogP contribution in [-0.4, -0.2) is 17.9 Å². The number of carbonyl (C=O) groups is 2. The topological polar surface area (TPSA) is 84.2 Å². The van der Waals surface area contributed by atoms with Crippen molar-refractivity contribution in [3.8, 4) is 0 Å². The Bertz CT molecular complexity index is 717. The van der Waals surface area contributed by atoms with E-state index in [-0.39, 0.29) is 11.9 Å². The molecule has 0 aliphatic carbocycles. The average molecular weight is 352 g/mol. The molecule has 1 aromatic carbocycles. The van der Waals surface area contributed by atoms with Crippen molar-refractivity contribution in [1.29, 1.82) is 0 Å². The van der Waals surface area contributed by atoms with Gasteiger partial charge in [-0.25, -0.2) is 0 Å². The predicted molar refractivity (Wildman–Crippen MR) is 93.9 cm³/mol. The van der Waals surface area contributed by atoms with Gasteiger partial charge >= 0.3 is 0 Å². The maximum Gasteiger partial charge on any atom is 0.251 e. The zero-order chi connectivity index (χ0) is 17.0. The molecule has 1 aromatic heterocycles. The number of benzene rings is 1. The first kappa shape index (κ1) is 17.5. The largest absolute Gasteiger partial charge is 0.366 e.